The highest BCUT2D eigenvalue weighted by Gasteiger charge is 2.15. The van der Waals surface area contributed by atoms with Crippen LogP contribution in [0.2, 0.25) is 0 Å². The second-order valence-corrected chi connectivity index (χ2v) is 4.92. The van der Waals surface area contributed by atoms with Gasteiger partial charge in [0.05, 0.1) is 0 Å². The SMILES string of the molecule is CC(C)Cc1[nH]c(=O)cc2c1CCCC2. The molecule has 0 radical (unpaired) electrons. The van der Waals surface area contributed by atoms with Gasteiger partial charge in [0.25, 0.3) is 0 Å². The number of fused-ring (bicyclic) bond motifs is 1. The first-order chi connectivity index (χ1) is 7.16. The molecule has 0 bridgehead atoms. The molecule has 1 aromatic heterocycles. The van der Waals surface area contributed by atoms with Gasteiger partial charge in [-0.25, -0.2) is 0 Å². The van der Waals surface area contributed by atoms with E-state index < -0.39 is 0 Å². The lowest BCUT2D eigenvalue weighted by Gasteiger charge is -2.19. The molecule has 2 heteroatoms. The highest BCUT2D eigenvalue weighted by Crippen LogP contribution is 2.23. The van der Waals surface area contributed by atoms with Crippen LogP contribution in [0.5, 0.6) is 0 Å². The molecule has 2 nitrogen and oxygen atoms in total. The van der Waals surface area contributed by atoms with E-state index in [0.29, 0.717) is 5.92 Å². The Bertz CT molecular complexity index is 403. The highest BCUT2D eigenvalue weighted by atomic mass is 16.1. The maximum atomic E-state index is 11.5. The minimum Gasteiger partial charge on any atom is -0.326 e. The van der Waals surface area contributed by atoms with Gasteiger partial charge < -0.3 is 4.98 Å². The molecule has 1 heterocycles. The summed E-state index contributed by atoms with van der Waals surface area (Å²) in [6.45, 7) is 4.39. The van der Waals surface area contributed by atoms with Gasteiger partial charge in [-0.1, -0.05) is 13.8 Å². The Hall–Kier alpha value is -1.05. The zero-order chi connectivity index (χ0) is 10.8. The van der Waals surface area contributed by atoms with Crippen LogP contribution in [-0.4, -0.2) is 4.98 Å². The first kappa shape index (κ1) is 10.5. The Kier molecular flexibility index (Phi) is 2.94. The first-order valence-electron chi connectivity index (χ1n) is 5.91. The minimum atomic E-state index is 0.0753. The number of aryl methyl sites for hydroxylation is 1. The van der Waals surface area contributed by atoms with E-state index in [1.54, 1.807) is 6.07 Å². The van der Waals surface area contributed by atoms with Crippen LogP contribution >= 0.6 is 0 Å². The molecule has 0 saturated heterocycles. The number of hydrogen-bond donors (Lipinski definition) is 1. The number of nitrogens with one attached hydrogen (secondary N) is 1. The third-order valence-corrected chi connectivity index (χ3v) is 3.07. The van der Waals surface area contributed by atoms with Crippen LogP contribution in [0.1, 0.15) is 43.5 Å². The van der Waals surface area contributed by atoms with Crippen LogP contribution in [0.3, 0.4) is 0 Å². The molecule has 0 atom stereocenters. The average molecular weight is 205 g/mol. The molecule has 0 aliphatic heterocycles. The van der Waals surface area contributed by atoms with E-state index in [0.717, 1.165) is 19.3 Å². The van der Waals surface area contributed by atoms with Gasteiger partial charge in [0.2, 0.25) is 5.56 Å². The number of aromatic nitrogens is 1. The van der Waals surface area contributed by atoms with Crippen LogP contribution < -0.4 is 5.56 Å². The van der Waals surface area contributed by atoms with E-state index >= 15 is 0 Å². The Morgan fingerprint density at radius 1 is 1.33 bits per heavy atom. The van der Waals surface area contributed by atoms with Crippen LogP contribution in [0.15, 0.2) is 10.9 Å². The lowest BCUT2D eigenvalue weighted by atomic mass is 9.89. The van der Waals surface area contributed by atoms with Gasteiger partial charge in [-0.2, -0.15) is 0 Å². The summed E-state index contributed by atoms with van der Waals surface area (Å²) >= 11 is 0. The average Bonchev–Trinajstić information content (AvgIpc) is 2.16. The fourth-order valence-corrected chi connectivity index (χ4v) is 2.43. The maximum absolute atomic E-state index is 11.5. The van der Waals surface area contributed by atoms with Crippen LogP contribution in [0.4, 0.5) is 0 Å². The molecule has 0 spiro atoms. The molecule has 1 aromatic rings. The smallest absolute Gasteiger partial charge is 0.248 e. The van der Waals surface area contributed by atoms with E-state index in [1.807, 2.05) is 0 Å². The van der Waals surface area contributed by atoms with Gasteiger partial charge in [0.1, 0.15) is 0 Å². The van der Waals surface area contributed by atoms with E-state index in [9.17, 15) is 4.79 Å². The Morgan fingerprint density at radius 2 is 2.07 bits per heavy atom. The van der Waals surface area contributed by atoms with Crippen LogP contribution in [-0.2, 0) is 19.3 Å². The van der Waals surface area contributed by atoms with Crippen molar-refractivity contribution in [2.24, 2.45) is 5.92 Å². The summed E-state index contributed by atoms with van der Waals surface area (Å²) in [6.07, 6.45) is 5.73. The topological polar surface area (TPSA) is 32.9 Å². The zero-order valence-corrected chi connectivity index (χ0v) is 9.60. The van der Waals surface area contributed by atoms with Crippen molar-refractivity contribution in [3.05, 3.63) is 33.2 Å². The minimum absolute atomic E-state index is 0.0753. The van der Waals surface area contributed by atoms with Gasteiger partial charge in [0, 0.05) is 11.8 Å². The number of rotatable bonds is 2. The summed E-state index contributed by atoms with van der Waals surface area (Å²) in [4.78, 5) is 14.5. The zero-order valence-electron chi connectivity index (χ0n) is 9.60. The second kappa shape index (κ2) is 4.21. The van der Waals surface area contributed by atoms with Gasteiger partial charge in [-0.3, -0.25) is 4.79 Å². The summed E-state index contributed by atoms with van der Waals surface area (Å²) in [5.41, 5.74) is 3.98. The van der Waals surface area contributed by atoms with Crippen molar-refractivity contribution < 1.29 is 0 Å². The monoisotopic (exact) mass is 205 g/mol. The van der Waals surface area contributed by atoms with Crippen molar-refractivity contribution in [2.75, 3.05) is 0 Å². The Labute approximate surface area is 90.7 Å². The molecule has 15 heavy (non-hydrogen) atoms. The van der Waals surface area contributed by atoms with Crippen molar-refractivity contribution in [1.82, 2.24) is 4.98 Å². The number of hydrogen-bond acceptors (Lipinski definition) is 1. The lowest BCUT2D eigenvalue weighted by molar-refractivity contribution is 0.609. The van der Waals surface area contributed by atoms with Gasteiger partial charge >= 0.3 is 0 Å². The molecule has 0 aromatic carbocycles. The standard InChI is InChI=1S/C13H19NO/c1-9(2)7-12-11-6-4-3-5-10(11)8-13(15)14-12/h8-9H,3-7H2,1-2H3,(H,14,15). The van der Waals surface area contributed by atoms with E-state index in [-0.39, 0.29) is 5.56 Å². The van der Waals surface area contributed by atoms with Crippen LogP contribution in [0, 0.1) is 5.92 Å². The molecular formula is C13H19NO. The Balaban J connectivity index is 2.43. The quantitative estimate of drug-likeness (QED) is 0.790. The second-order valence-electron chi connectivity index (χ2n) is 4.92. The number of aromatic amines is 1. The maximum Gasteiger partial charge on any atom is 0.248 e. The molecule has 2 rings (SSSR count). The summed E-state index contributed by atoms with van der Waals surface area (Å²) < 4.78 is 0. The van der Waals surface area contributed by atoms with Crippen LogP contribution in [0.25, 0.3) is 0 Å². The van der Waals surface area contributed by atoms with Crippen molar-refractivity contribution in [3.63, 3.8) is 0 Å². The van der Waals surface area contributed by atoms with Crippen molar-refractivity contribution in [3.8, 4) is 0 Å². The lowest BCUT2D eigenvalue weighted by Crippen LogP contribution is -2.18. The van der Waals surface area contributed by atoms with E-state index in [4.69, 9.17) is 0 Å². The van der Waals surface area contributed by atoms with E-state index in [2.05, 4.69) is 18.8 Å². The third kappa shape index (κ3) is 2.31. The molecule has 1 N–H and O–H groups in total. The van der Waals surface area contributed by atoms with Crippen molar-refractivity contribution in [1.29, 1.82) is 0 Å². The molecule has 0 unspecified atom stereocenters. The highest BCUT2D eigenvalue weighted by molar-refractivity contribution is 5.32. The molecular weight excluding hydrogens is 186 g/mol. The molecule has 1 aliphatic rings. The van der Waals surface area contributed by atoms with E-state index in [1.165, 1.54) is 29.7 Å². The molecule has 0 saturated carbocycles. The predicted molar refractivity (Wildman–Crippen MR) is 62.2 cm³/mol. The Morgan fingerprint density at radius 3 is 2.80 bits per heavy atom. The first-order valence-corrected chi connectivity index (χ1v) is 5.91. The van der Waals surface area contributed by atoms with Crippen molar-refractivity contribution >= 4 is 0 Å². The molecule has 1 aliphatic carbocycles. The van der Waals surface area contributed by atoms with Crippen molar-refractivity contribution in [2.45, 2.75) is 46.0 Å². The largest absolute Gasteiger partial charge is 0.326 e. The summed E-state index contributed by atoms with van der Waals surface area (Å²) in [6, 6.07) is 1.79. The normalized spacial score (nSPS) is 15.4. The molecule has 0 amide bonds. The fourth-order valence-electron chi connectivity index (χ4n) is 2.43. The predicted octanol–water partition coefficient (Wildman–Crippen LogP) is 2.45. The fraction of sp³-hybridized carbons (Fsp3) is 0.615. The summed E-state index contributed by atoms with van der Waals surface area (Å²) in [7, 11) is 0. The van der Waals surface area contributed by atoms with Gasteiger partial charge in [-0.15, -0.1) is 0 Å². The molecule has 0 fully saturated rings. The molecule has 82 valence electrons. The van der Waals surface area contributed by atoms with Gasteiger partial charge in [-0.05, 0) is 49.1 Å². The summed E-state index contributed by atoms with van der Waals surface area (Å²) in [5, 5.41) is 0. The summed E-state index contributed by atoms with van der Waals surface area (Å²) in [5.74, 6) is 0.606. The third-order valence-electron chi connectivity index (χ3n) is 3.07. The number of pyridine rings is 1. The van der Waals surface area contributed by atoms with Gasteiger partial charge in [0.15, 0.2) is 0 Å². The number of H-pyrrole nitrogens is 1.